The van der Waals surface area contributed by atoms with Crippen molar-refractivity contribution in [2.24, 2.45) is 7.05 Å². The Morgan fingerprint density at radius 1 is 1.16 bits per heavy atom. The van der Waals surface area contributed by atoms with Crippen LogP contribution in [0.4, 0.5) is 5.69 Å². The molecule has 0 aliphatic carbocycles. The Hall–Kier alpha value is -3.48. The Morgan fingerprint density at radius 2 is 1.88 bits per heavy atom. The minimum atomic E-state index is -0.457. The second kappa shape index (κ2) is 6.56. The van der Waals surface area contributed by atoms with Crippen LogP contribution in [0.1, 0.15) is 10.4 Å². The number of non-ortho nitro benzene ring substituents is 1. The van der Waals surface area contributed by atoms with Crippen LogP contribution in [0.15, 0.2) is 60.8 Å². The summed E-state index contributed by atoms with van der Waals surface area (Å²) in [6, 6.07) is 15.1. The average molecular weight is 336 g/mol. The summed E-state index contributed by atoms with van der Waals surface area (Å²) in [5.74, 6) is -0.102. The molecule has 25 heavy (non-hydrogen) atoms. The van der Waals surface area contributed by atoms with Crippen molar-refractivity contribution < 1.29 is 9.72 Å². The van der Waals surface area contributed by atoms with Crippen molar-refractivity contribution in [2.75, 3.05) is 0 Å². The lowest BCUT2D eigenvalue weighted by molar-refractivity contribution is -0.384. The maximum atomic E-state index is 12.4. The fourth-order valence-corrected chi connectivity index (χ4v) is 2.64. The molecule has 0 unspecified atom stereocenters. The third kappa shape index (κ3) is 3.25. The van der Waals surface area contributed by atoms with Crippen LogP contribution in [0.2, 0.25) is 0 Å². The van der Waals surface area contributed by atoms with Gasteiger partial charge in [-0.15, -0.1) is 0 Å². The van der Waals surface area contributed by atoms with Gasteiger partial charge in [0.05, 0.1) is 17.2 Å². The van der Waals surface area contributed by atoms with E-state index in [-0.39, 0.29) is 23.6 Å². The minimum absolute atomic E-state index is 0.0165. The summed E-state index contributed by atoms with van der Waals surface area (Å²) in [5, 5.41) is 19.2. The van der Waals surface area contributed by atoms with Gasteiger partial charge in [0, 0.05) is 36.5 Å². The smallest absolute Gasteiger partial charge is 0.270 e. The summed E-state index contributed by atoms with van der Waals surface area (Å²) in [4.78, 5) is 22.9. The van der Waals surface area contributed by atoms with Gasteiger partial charge < -0.3 is 9.13 Å². The number of nitro groups is 1. The Kier molecular flexibility index (Phi) is 4.30. The van der Waals surface area contributed by atoms with Gasteiger partial charge in [0.15, 0.2) is 5.78 Å². The molecular weight excluding hydrogens is 320 g/mol. The molecule has 3 rings (SSSR count). The van der Waals surface area contributed by atoms with E-state index >= 15 is 0 Å². The van der Waals surface area contributed by atoms with E-state index in [0.29, 0.717) is 16.8 Å². The molecule has 1 heterocycles. The van der Waals surface area contributed by atoms with Gasteiger partial charge in [-0.05, 0) is 0 Å². The molecule has 0 fully saturated rings. The van der Waals surface area contributed by atoms with Crippen molar-refractivity contribution >= 4 is 11.5 Å². The van der Waals surface area contributed by atoms with E-state index in [2.05, 4.69) is 0 Å². The van der Waals surface area contributed by atoms with Crippen molar-refractivity contribution in [3.63, 3.8) is 0 Å². The van der Waals surface area contributed by atoms with Crippen molar-refractivity contribution in [1.29, 1.82) is 5.41 Å². The summed E-state index contributed by atoms with van der Waals surface area (Å²) >= 11 is 0. The first kappa shape index (κ1) is 16.4. The number of nitrogens with zero attached hydrogens (tertiary/aromatic N) is 3. The number of Topliss-reactive ketones (excluding diaryl/α,β-unsaturated/α-hetero) is 1. The summed E-state index contributed by atoms with van der Waals surface area (Å²) in [6.45, 7) is 0.0333. The van der Waals surface area contributed by atoms with Crippen LogP contribution in [0.5, 0.6) is 0 Å². The molecule has 0 bridgehead atoms. The fraction of sp³-hybridized carbons (Fsp3) is 0.111. The molecule has 0 saturated carbocycles. The van der Waals surface area contributed by atoms with Crippen molar-refractivity contribution in [3.8, 4) is 11.3 Å². The van der Waals surface area contributed by atoms with Gasteiger partial charge in [-0.25, -0.2) is 0 Å². The first-order chi connectivity index (χ1) is 12.0. The maximum Gasteiger partial charge on any atom is 0.270 e. The largest absolute Gasteiger partial charge is 0.314 e. The van der Waals surface area contributed by atoms with Crippen LogP contribution in [-0.2, 0) is 13.6 Å². The number of nitro benzene ring substituents is 1. The molecule has 0 aliphatic heterocycles. The average Bonchev–Trinajstić information content (AvgIpc) is 2.91. The first-order valence-corrected chi connectivity index (χ1v) is 7.61. The summed E-state index contributed by atoms with van der Waals surface area (Å²) in [5.41, 5.74) is 1.96. The highest BCUT2D eigenvalue weighted by Crippen LogP contribution is 2.22. The van der Waals surface area contributed by atoms with E-state index in [0.717, 1.165) is 0 Å². The van der Waals surface area contributed by atoms with E-state index in [9.17, 15) is 14.9 Å². The number of hydrogen-bond donors (Lipinski definition) is 1. The van der Waals surface area contributed by atoms with Crippen LogP contribution < -0.4 is 5.62 Å². The van der Waals surface area contributed by atoms with Gasteiger partial charge in [0.1, 0.15) is 0 Å². The van der Waals surface area contributed by atoms with Gasteiger partial charge in [-0.2, -0.15) is 0 Å². The molecule has 0 radical (unpaired) electrons. The van der Waals surface area contributed by atoms with Crippen LogP contribution >= 0.6 is 0 Å². The predicted octanol–water partition coefficient (Wildman–Crippen LogP) is 2.76. The standard InChI is InChI=1S/C18H16N4O3/c1-20-16(14-8-5-9-15(10-14)22(24)25)11-21(18(20)19)12-17(23)13-6-3-2-4-7-13/h2-11,19H,12H2,1H3. The van der Waals surface area contributed by atoms with Gasteiger partial charge in [-0.1, -0.05) is 42.5 Å². The third-order valence-corrected chi connectivity index (χ3v) is 3.99. The highest BCUT2D eigenvalue weighted by atomic mass is 16.6. The normalized spacial score (nSPS) is 10.6. The van der Waals surface area contributed by atoms with E-state index in [1.807, 2.05) is 6.07 Å². The molecule has 2 aromatic carbocycles. The Bertz CT molecular complexity index is 1000. The molecule has 0 aliphatic rings. The minimum Gasteiger partial charge on any atom is -0.314 e. The monoisotopic (exact) mass is 336 g/mol. The van der Waals surface area contributed by atoms with Crippen molar-refractivity contribution in [1.82, 2.24) is 9.13 Å². The Labute approximate surface area is 143 Å². The summed E-state index contributed by atoms with van der Waals surface area (Å²) in [6.07, 6.45) is 1.67. The molecule has 1 aromatic heterocycles. The molecule has 126 valence electrons. The van der Waals surface area contributed by atoms with Crippen molar-refractivity contribution in [2.45, 2.75) is 6.54 Å². The highest BCUT2D eigenvalue weighted by Gasteiger charge is 2.14. The zero-order valence-corrected chi connectivity index (χ0v) is 13.5. The van der Waals surface area contributed by atoms with Crippen LogP contribution in [0, 0.1) is 15.5 Å². The summed E-state index contributed by atoms with van der Waals surface area (Å²) in [7, 11) is 1.69. The van der Waals surface area contributed by atoms with E-state index in [4.69, 9.17) is 5.41 Å². The molecule has 0 amide bonds. The molecule has 3 aromatic rings. The number of nitrogens with one attached hydrogen (secondary N) is 1. The molecular formula is C18H16N4O3. The number of aromatic nitrogens is 2. The Balaban J connectivity index is 1.96. The Morgan fingerprint density at radius 3 is 2.56 bits per heavy atom. The van der Waals surface area contributed by atoms with Gasteiger partial charge in [0.2, 0.25) is 5.62 Å². The predicted molar refractivity (Wildman–Crippen MR) is 92.1 cm³/mol. The molecule has 1 N–H and O–H groups in total. The third-order valence-electron chi connectivity index (χ3n) is 3.99. The molecule has 0 atom stereocenters. The summed E-state index contributed by atoms with van der Waals surface area (Å²) < 4.78 is 3.13. The van der Waals surface area contributed by atoms with Crippen LogP contribution in [0.3, 0.4) is 0 Å². The number of hydrogen-bond acceptors (Lipinski definition) is 4. The van der Waals surface area contributed by atoms with Crippen LogP contribution in [0.25, 0.3) is 11.3 Å². The number of imidazole rings is 1. The van der Waals surface area contributed by atoms with Gasteiger partial charge >= 0.3 is 0 Å². The van der Waals surface area contributed by atoms with E-state index in [1.54, 1.807) is 54.2 Å². The second-order valence-electron chi connectivity index (χ2n) is 5.62. The SMILES string of the molecule is Cn1c(-c2cccc([N+](=O)[O-])c2)cn(CC(=O)c2ccccc2)c1=N. The zero-order valence-electron chi connectivity index (χ0n) is 13.5. The maximum absolute atomic E-state index is 12.4. The number of carbonyl (C=O) groups excluding carboxylic acids is 1. The fourth-order valence-electron chi connectivity index (χ4n) is 2.64. The lowest BCUT2D eigenvalue weighted by Gasteiger charge is -2.01. The van der Waals surface area contributed by atoms with Crippen LogP contribution in [-0.4, -0.2) is 19.8 Å². The zero-order chi connectivity index (χ0) is 18.0. The molecule has 7 heteroatoms. The number of benzene rings is 2. The second-order valence-corrected chi connectivity index (χ2v) is 5.62. The number of carbonyl (C=O) groups is 1. The van der Waals surface area contributed by atoms with Gasteiger partial charge in [0.25, 0.3) is 5.69 Å². The molecule has 0 saturated heterocycles. The van der Waals surface area contributed by atoms with E-state index in [1.165, 1.54) is 16.7 Å². The quantitative estimate of drug-likeness (QED) is 0.441. The van der Waals surface area contributed by atoms with Crippen molar-refractivity contribution in [3.05, 3.63) is 82.1 Å². The molecule has 7 nitrogen and oxygen atoms in total. The number of ketones is 1. The highest BCUT2D eigenvalue weighted by molar-refractivity contribution is 5.95. The van der Waals surface area contributed by atoms with E-state index < -0.39 is 4.92 Å². The van der Waals surface area contributed by atoms with Gasteiger partial charge in [-0.3, -0.25) is 20.3 Å². The topological polar surface area (TPSA) is 93.9 Å². The molecule has 0 spiro atoms. The lowest BCUT2D eigenvalue weighted by atomic mass is 10.1. The number of rotatable bonds is 5. The lowest BCUT2D eigenvalue weighted by Crippen LogP contribution is -2.25. The first-order valence-electron chi connectivity index (χ1n) is 7.61.